The first-order chi connectivity index (χ1) is 44.5. The lowest BCUT2D eigenvalue weighted by atomic mass is 9.83. The molecule has 10 aromatic rings. The van der Waals surface area contributed by atoms with Crippen LogP contribution in [-0.2, 0) is 22.2 Å². The average Bonchev–Trinajstić information content (AvgIpc) is 1.56. The van der Waals surface area contributed by atoms with Crippen LogP contribution < -0.4 is 9.47 Å². The molecule has 0 amide bonds. The van der Waals surface area contributed by atoms with Crippen molar-refractivity contribution in [2.24, 2.45) is 8.73 Å². The van der Waals surface area contributed by atoms with E-state index >= 15 is 0 Å². The Kier molecular flexibility index (Phi) is 13.1. The second-order valence-corrected chi connectivity index (χ2v) is 29.8. The number of ether oxygens (including phenoxy) is 2. The van der Waals surface area contributed by atoms with E-state index in [1.54, 1.807) is 71.7 Å². The quantitative estimate of drug-likeness (QED) is 0.0796. The van der Waals surface area contributed by atoms with Crippen molar-refractivity contribution in [2.75, 3.05) is 14.2 Å². The molecule has 4 aliphatic carbocycles. The predicted octanol–water partition coefficient (Wildman–Crippen LogP) is 19.5. The van der Waals surface area contributed by atoms with Gasteiger partial charge < -0.3 is 9.47 Å². The van der Waals surface area contributed by atoms with Crippen molar-refractivity contribution in [3.05, 3.63) is 200 Å². The molecule has 15 rings (SSSR count). The van der Waals surface area contributed by atoms with Crippen LogP contribution in [-0.4, -0.2) is 34.5 Å². The fourth-order valence-corrected chi connectivity index (χ4v) is 21.8. The van der Waals surface area contributed by atoms with Crippen LogP contribution in [0.4, 0.5) is 17.1 Å². The third-order valence-corrected chi connectivity index (χ3v) is 25.5. The molecule has 0 radical (unpaired) electrons. The number of aromatic nitrogens is 2. The Balaban J connectivity index is 0.766. The SMILES string of the molecule is [C-]#[N+]C([N+]#[C-])=C1/C(=C/c2cc3c(s2)-c2sc(-c4sc(-c5c6c(c(-c7cc(OC)c(-c8cc9c(s8)-c8sc(/C=C%10\C(=O)c%11cc(C#N)c(C#N)cc%11\C%10=C(/C#N)[N+]#[C-])cc8C9(C)C)s7)c7nsnc57)N=S=N6)cc4OC)cc2C3(C)C)C(=O)c2cc(C#N)c([N+]#[C-])cc21. The van der Waals surface area contributed by atoms with E-state index in [4.69, 9.17) is 53.2 Å². The summed E-state index contributed by atoms with van der Waals surface area (Å²) in [5, 5.41) is 39.4. The van der Waals surface area contributed by atoms with Gasteiger partial charge in [0.25, 0.3) is 5.70 Å². The standard InChI is InChI=1S/C68H30N12O4S8/c1-67(2)38-16-30(14-36-50(43(26-72)74-6)32-11-27(23-69)28(24-70)12-34(32)58(36)81)85-60(38)62-40(67)19-48(89-62)64-44(83-9)21-46(87-64)52-54-56(79-91-77-54)53(57-55(52)78-92-80-57)47-22-45(84-10)65(88-47)49-20-41-63(90-49)61-39(68(41,3)4)17-31(86-61)15-37-51(66(75-7)76-8)33-18-42(73-5)29(25-71)13-35(33)59(37)82/h11-22H,1-4,9-10H3/b36-14-,37-15-,50-43-. The zero-order valence-corrected chi connectivity index (χ0v) is 54.7. The molecule has 7 aromatic heterocycles. The number of hydrogen-bond donors (Lipinski definition) is 0. The van der Waals surface area contributed by atoms with Gasteiger partial charge in [0.15, 0.2) is 11.6 Å². The number of methoxy groups -OCH3 is 2. The Hall–Kier alpha value is -10.7. The summed E-state index contributed by atoms with van der Waals surface area (Å²) in [5.41, 5.74) is 9.24. The third-order valence-electron chi connectivity index (χ3n) is 17.1. The lowest BCUT2D eigenvalue weighted by Gasteiger charge is -2.19. The third kappa shape index (κ3) is 8.08. The van der Waals surface area contributed by atoms with Gasteiger partial charge in [0.1, 0.15) is 59.2 Å². The first-order valence-electron chi connectivity index (χ1n) is 27.3. The largest absolute Gasteiger partial charge is 0.527 e. The normalized spacial score (nSPS) is 15.8. The number of allylic oxidation sites excluding steroid dienone is 5. The molecule has 434 valence electrons. The molecular formula is C68H30N12O4S8. The van der Waals surface area contributed by atoms with Crippen molar-refractivity contribution in [3.63, 3.8) is 0 Å². The highest BCUT2D eigenvalue weighted by Crippen LogP contribution is 2.63. The van der Waals surface area contributed by atoms with E-state index in [2.05, 4.69) is 71.3 Å². The van der Waals surface area contributed by atoms with Gasteiger partial charge in [0.05, 0.1) is 106 Å². The lowest BCUT2D eigenvalue weighted by Crippen LogP contribution is -2.13. The molecule has 16 nitrogen and oxygen atoms in total. The number of carbonyl (C=O) groups is 2. The number of hydrogen-bond acceptors (Lipinski definition) is 19. The van der Waals surface area contributed by atoms with Crippen LogP contribution in [0, 0.1) is 71.6 Å². The molecule has 0 spiro atoms. The van der Waals surface area contributed by atoms with E-state index in [1.807, 2.05) is 36.4 Å². The number of nitriles is 4. The van der Waals surface area contributed by atoms with Crippen LogP contribution in [0.1, 0.15) is 108 Å². The van der Waals surface area contributed by atoms with Crippen molar-refractivity contribution >= 4 is 154 Å². The summed E-state index contributed by atoms with van der Waals surface area (Å²) in [7, 11) is 3.31. The maximum absolute atomic E-state index is 14.1. The summed E-state index contributed by atoms with van der Waals surface area (Å²) in [6.45, 7) is 39.8. The molecule has 0 N–H and O–H groups in total. The maximum Gasteiger partial charge on any atom is 0.527 e. The molecule has 1 aliphatic heterocycles. The molecule has 24 heteroatoms. The van der Waals surface area contributed by atoms with Gasteiger partial charge in [-0.3, -0.25) is 9.59 Å². The minimum Gasteiger partial charge on any atom is -0.495 e. The summed E-state index contributed by atoms with van der Waals surface area (Å²) >= 11 is 11.7. The number of ketones is 2. The number of fused-ring (bicyclic) bond motifs is 10. The lowest BCUT2D eigenvalue weighted by molar-refractivity contribution is 0.103. The van der Waals surface area contributed by atoms with Gasteiger partial charge in [-0.2, -0.15) is 42.9 Å². The van der Waals surface area contributed by atoms with Gasteiger partial charge in [-0.15, -0.1) is 68.0 Å². The highest BCUT2D eigenvalue weighted by atomic mass is 32.1. The van der Waals surface area contributed by atoms with Crippen molar-refractivity contribution in [1.29, 1.82) is 21.0 Å². The first-order valence-corrected chi connectivity index (χ1v) is 33.7. The molecule has 0 bridgehead atoms. The number of rotatable bonds is 8. The predicted molar refractivity (Wildman–Crippen MR) is 363 cm³/mol. The fourth-order valence-electron chi connectivity index (χ4n) is 12.6. The van der Waals surface area contributed by atoms with Gasteiger partial charge >= 0.3 is 5.82 Å². The van der Waals surface area contributed by atoms with E-state index in [0.29, 0.717) is 39.5 Å². The van der Waals surface area contributed by atoms with Crippen molar-refractivity contribution in [3.8, 4) is 95.7 Å². The maximum atomic E-state index is 14.1. The van der Waals surface area contributed by atoms with Crippen LogP contribution in [0.25, 0.3) is 114 Å². The van der Waals surface area contributed by atoms with Crippen LogP contribution >= 0.6 is 79.7 Å². The Morgan fingerprint density at radius 1 is 0.522 bits per heavy atom. The summed E-state index contributed by atoms with van der Waals surface area (Å²) in [5.74, 6) is 0.201. The molecule has 0 fully saturated rings. The van der Waals surface area contributed by atoms with Gasteiger partial charge in [-0.25, -0.2) is 15.0 Å². The van der Waals surface area contributed by atoms with Crippen LogP contribution in [0.5, 0.6) is 11.5 Å². The van der Waals surface area contributed by atoms with Gasteiger partial charge in [0, 0.05) is 87.4 Å². The van der Waals surface area contributed by atoms with Crippen LogP contribution in [0.3, 0.4) is 0 Å². The molecule has 92 heavy (non-hydrogen) atoms. The molecule has 0 saturated heterocycles. The van der Waals surface area contributed by atoms with E-state index in [0.717, 1.165) is 115 Å². The fraction of sp³-hybridized carbons (Fsp3) is 0.118. The molecular weight excluding hydrogens is 1310 g/mol. The van der Waals surface area contributed by atoms with Crippen LogP contribution in [0.2, 0.25) is 0 Å². The van der Waals surface area contributed by atoms with Crippen molar-refractivity contribution in [1.82, 2.24) is 8.75 Å². The number of thiophene rings is 6. The number of Topliss-reactive ketones (excluding diaryl/α,β-unsaturated/α-hetero) is 2. The monoisotopic (exact) mass is 1330 g/mol. The van der Waals surface area contributed by atoms with Gasteiger partial charge in [-0.05, 0) is 106 Å². The summed E-state index contributed by atoms with van der Waals surface area (Å²) in [4.78, 5) is 53.5. The second-order valence-electron chi connectivity index (χ2n) is 22.4. The van der Waals surface area contributed by atoms with E-state index in [-0.39, 0.29) is 72.9 Å². The van der Waals surface area contributed by atoms with Gasteiger partial charge in [-0.1, -0.05) is 27.7 Å². The molecule has 5 aliphatic rings. The molecule has 3 aromatic carbocycles. The summed E-state index contributed by atoms with van der Waals surface area (Å²) < 4.78 is 32.1. The number of benzene rings is 3. The zero-order chi connectivity index (χ0) is 64.1. The Bertz CT molecular complexity index is 5450. The first kappa shape index (κ1) is 57.7. The van der Waals surface area contributed by atoms with Gasteiger partial charge in [0.2, 0.25) is 5.69 Å². The van der Waals surface area contributed by atoms with E-state index in [9.17, 15) is 30.6 Å². The second kappa shape index (κ2) is 20.9. The van der Waals surface area contributed by atoms with Crippen molar-refractivity contribution < 1.29 is 19.1 Å². The Morgan fingerprint density at radius 3 is 1.40 bits per heavy atom. The highest BCUT2D eigenvalue weighted by molar-refractivity contribution is 7.58. The smallest absolute Gasteiger partial charge is 0.495 e. The summed E-state index contributed by atoms with van der Waals surface area (Å²) in [6, 6.07) is 26.1. The topological polar surface area (TPSA) is 216 Å². The highest BCUT2D eigenvalue weighted by Gasteiger charge is 2.44. The molecule has 0 unspecified atom stereocenters. The Labute approximate surface area is 555 Å². The molecule has 8 heterocycles. The summed E-state index contributed by atoms with van der Waals surface area (Å²) in [6.07, 6.45) is 3.43. The number of carbonyl (C=O) groups excluding carboxylic acids is 2. The van der Waals surface area contributed by atoms with E-state index < -0.39 is 22.4 Å². The minimum atomic E-state index is -0.450. The Morgan fingerprint density at radius 2 is 0.957 bits per heavy atom. The van der Waals surface area contributed by atoms with Crippen molar-refractivity contribution in [2.45, 2.75) is 38.5 Å². The minimum absolute atomic E-state index is 0.0362. The van der Waals surface area contributed by atoms with E-state index in [1.165, 1.54) is 46.9 Å². The zero-order valence-electron chi connectivity index (χ0n) is 48.2. The average molecular weight is 1340 g/mol. The van der Waals surface area contributed by atoms with Crippen LogP contribution in [0.15, 0.2) is 92.1 Å². The number of nitrogens with zero attached hydrogens (tertiary/aromatic N) is 12. The molecule has 0 saturated carbocycles. The molecule has 0 atom stereocenters.